The van der Waals surface area contributed by atoms with Gasteiger partial charge in [-0.05, 0) is 55.8 Å². The Morgan fingerprint density at radius 3 is 2.27 bits per heavy atom. The molecule has 0 aromatic heterocycles. The molecule has 15 heavy (non-hydrogen) atoms. The molecular formula is C15H26. The third-order valence-electron chi connectivity index (χ3n) is 4.92. The SMILES string of the molecule is CC(C)=C1C2CC(C)(C)CCC2C1(C)C. The molecule has 2 rings (SSSR count). The number of fused-ring (bicyclic) bond motifs is 1. The van der Waals surface area contributed by atoms with Crippen molar-refractivity contribution in [2.45, 2.75) is 60.8 Å². The van der Waals surface area contributed by atoms with Gasteiger partial charge in [-0.3, -0.25) is 0 Å². The van der Waals surface area contributed by atoms with E-state index < -0.39 is 0 Å². The van der Waals surface area contributed by atoms with Gasteiger partial charge in [-0.25, -0.2) is 0 Å². The normalized spacial score (nSPS) is 36.8. The van der Waals surface area contributed by atoms with Crippen molar-refractivity contribution in [1.29, 1.82) is 0 Å². The van der Waals surface area contributed by atoms with Gasteiger partial charge >= 0.3 is 0 Å². The first-order valence-corrected chi connectivity index (χ1v) is 6.43. The van der Waals surface area contributed by atoms with Crippen LogP contribution in [0.5, 0.6) is 0 Å². The van der Waals surface area contributed by atoms with E-state index in [0.29, 0.717) is 10.8 Å². The van der Waals surface area contributed by atoms with Gasteiger partial charge in [-0.15, -0.1) is 0 Å². The summed E-state index contributed by atoms with van der Waals surface area (Å²) < 4.78 is 0. The van der Waals surface area contributed by atoms with Crippen LogP contribution in [0.2, 0.25) is 0 Å². The molecule has 2 fully saturated rings. The highest BCUT2D eigenvalue weighted by Crippen LogP contribution is 2.64. The third kappa shape index (κ3) is 1.57. The average molecular weight is 206 g/mol. The average Bonchev–Trinajstić information content (AvgIpc) is 1.99. The molecule has 0 saturated heterocycles. The zero-order valence-corrected chi connectivity index (χ0v) is 11.3. The molecule has 2 unspecified atom stereocenters. The zero-order chi connectivity index (χ0) is 11.4. The van der Waals surface area contributed by atoms with Crippen molar-refractivity contribution in [3.05, 3.63) is 11.1 Å². The Balaban J connectivity index is 2.27. The molecule has 0 bridgehead atoms. The van der Waals surface area contributed by atoms with E-state index in [1.54, 1.807) is 11.1 Å². The van der Waals surface area contributed by atoms with Crippen molar-refractivity contribution >= 4 is 0 Å². The topological polar surface area (TPSA) is 0 Å². The summed E-state index contributed by atoms with van der Waals surface area (Å²) in [5, 5.41) is 0. The third-order valence-corrected chi connectivity index (χ3v) is 4.92. The Morgan fingerprint density at radius 2 is 1.73 bits per heavy atom. The Labute approximate surface area is 95.1 Å². The van der Waals surface area contributed by atoms with Gasteiger partial charge in [0.25, 0.3) is 0 Å². The van der Waals surface area contributed by atoms with Crippen LogP contribution in [-0.2, 0) is 0 Å². The molecule has 0 aromatic rings. The lowest BCUT2D eigenvalue weighted by atomic mass is 9.44. The Hall–Kier alpha value is -0.260. The van der Waals surface area contributed by atoms with Crippen molar-refractivity contribution in [3.8, 4) is 0 Å². The van der Waals surface area contributed by atoms with Crippen LogP contribution < -0.4 is 0 Å². The molecule has 0 aromatic carbocycles. The van der Waals surface area contributed by atoms with Crippen LogP contribution in [0.1, 0.15) is 60.8 Å². The molecule has 0 nitrogen and oxygen atoms in total. The van der Waals surface area contributed by atoms with E-state index in [2.05, 4.69) is 41.5 Å². The molecule has 0 heteroatoms. The molecular weight excluding hydrogens is 180 g/mol. The number of rotatable bonds is 0. The molecule has 0 radical (unpaired) electrons. The molecule has 2 atom stereocenters. The fraction of sp³-hybridized carbons (Fsp3) is 0.867. The highest BCUT2D eigenvalue weighted by atomic mass is 14.6. The molecule has 0 spiro atoms. The summed E-state index contributed by atoms with van der Waals surface area (Å²) in [5.41, 5.74) is 4.44. The fourth-order valence-electron chi connectivity index (χ4n) is 4.35. The molecule has 0 amide bonds. The lowest BCUT2D eigenvalue weighted by molar-refractivity contribution is -0.00752. The second-order valence-electron chi connectivity index (χ2n) is 7.26. The van der Waals surface area contributed by atoms with E-state index in [-0.39, 0.29) is 0 Å². The van der Waals surface area contributed by atoms with Gasteiger partial charge in [-0.2, -0.15) is 0 Å². The monoisotopic (exact) mass is 206 g/mol. The van der Waals surface area contributed by atoms with Gasteiger partial charge in [-0.1, -0.05) is 38.8 Å². The lowest BCUT2D eigenvalue weighted by Crippen LogP contribution is -2.51. The molecule has 0 aliphatic heterocycles. The van der Waals surface area contributed by atoms with Crippen LogP contribution in [0.4, 0.5) is 0 Å². The van der Waals surface area contributed by atoms with Crippen LogP contribution >= 0.6 is 0 Å². The lowest BCUT2D eigenvalue weighted by Gasteiger charge is -2.60. The number of hydrogen-bond donors (Lipinski definition) is 0. The highest BCUT2D eigenvalue weighted by Gasteiger charge is 2.55. The van der Waals surface area contributed by atoms with E-state index in [9.17, 15) is 0 Å². The van der Waals surface area contributed by atoms with Gasteiger partial charge in [0.15, 0.2) is 0 Å². The first-order chi connectivity index (χ1) is 6.76. The van der Waals surface area contributed by atoms with Gasteiger partial charge in [0.1, 0.15) is 0 Å². The van der Waals surface area contributed by atoms with E-state index >= 15 is 0 Å². The maximum atomic E-state index is 2.45. The molecule has 0 N–H and O–H groups in total. The molecule has 0 heterocycles. The van der Waals surface area contributed by atoms with E-state index in [1.807, 2.05) is 0 Å². The van der Waals surface area contributed by atoms with Crippen molar-refractivity contribution in [2.24, 2.45) is 22.7 Å². The van der Waals surface area contributed by atoms with Gasteiger partial charge in [0.2, 0.25) is 0 Å². The Kier molecular flexibility index (Phi) is 2.34. The quantitative estimate of drug-likeness (QED) is 0.499. The van der Waals surface area contributed by atoms with Crippen LogP contribution in [0, 0.1) is 22.7 Å². The summed E-state index contributed by atoms with van der Waals surface area (Å²) in [6, 6.07) is 0. The first kappa shape index (κ1) is 11.2. The van der Waals surface area contributed by atoms with Gasteiger partial charge in [0.05, 0.1) is 0 Å². The predicted octanol–water partition coefficient (Wildman–Crippen LogP) is 4.81. The maximum absolute atomic E-state index is 2.45. The van der Waals surface area contributed by atoms with E-state index in [1.165, 1.54) is 19.3 Å². The van der Waals surface area contributed by atoms with Gasteiger partial charge < -0.3 is 0 Å². The van der Waals surface area contributed by atoms with Crippen molar-refractivity contribution < 1.29 is 0 Å². The minimum atomic E-state index is 0.500. The smallest absolute Gasteiger partial charge is 0.0105 e. The van der Waals surface area contributed by atoms with Crippen molar-refractivity contribution in [3.63, 3.8) is 0 Å². The summed E-state index contributed by atoms with van der Waals surface area (Å²) >= 11 is 0. The zero-order valence-electron chi connectivity index (χ0n) is 11.3. The van der Waals surface area contributed by atoms with Gasteiger partial charge in [0, 0.05) is 0 Å². The van der Waals surface area contributed by atoms with E-state index in [4.69, 9.17) is 0 Å². The van der Waals surface area contributed by atoms with Crippen LogP contribution in [0.25, 0.3) is 0 Å². The minimum absolute atomic E-state index is 0.500. The highest BCUT2D eigenvalue weighted by molar-refractivity contribution is 5.33. The van der Waals surface area contributed by atoms with E-state index in [0.717, 1.165) is 11.8 Å². The largest absolute Gasteiger partial charge is 0.0764 e. The first-order valence-electron chi connectivity index (χ1n) is 6.43. The summed E-state index contributed by atoms with van der Waals surface area (Å²) in [6.07, 6.45) is 4.29. The molecule has 2 aliphatic rings. The number of hydrogen-bond acceptors (Lipinski definition) is 0. The second-order valence-corrected chi connectivity index (χ2v) is 7.26. The number of allylic oxidation sites excluding steroid dienone is 2. The van der Waals surface area contributed by atoms with Crippen molar-refractivity contribution in [1.82, 2.24) is 0 Å². The van der Waals surface area contributed by atoms with Crippen LogP contribution in [0.15, 0.2) is 11.1 Å². The predicted molar refractivity (Wildman–Crippen MR) is 66.8 cm³/mol. The van der Waals surface area contributed by atoms with Crippen LogP contribution in [-0.4, -0.2) is 0 Å². The van der Waals surface area contributed by atoms with Crippen molar-refractivity contribution in [2.75, 3.05) is 0 Å². The Bertz CT molecular complexity index is 300. The summed E-state index contributed by atoms with van der Waals surface area (Å²) in [5.74, 6) is 1.88. The molecule has 2 aliphatic carbocycles. The Morgan fingerprint density at radius 1 is 1.13 bits per heavy atom. The van der Waals surface area contributed by atoms with Crippen LogP contribution in [0.3, 0.4) is 0 Å². The summed E-state index contributed by atoms with van der Waals surface area (Å²) in [6.45, 7) is 14.4. The fourth-order valence-corrected chi connectivity index (χ4v) is 4.35. The standard InChI is InChI=1S/C15H26/c1-10(2)13-11-9-14(3,4)8-7-12(11)15(13,5)6/h11-12H,7-9H2,1-6H3. The maximum Gasteiger partial charge on any atom is -0.0105 e. The second kappa shape index (κ2) is 3.12. The minimum Gasteiger partial charge on any atom is -0.0764 e. The molecule has 86 valence electrons. The molecule has 2 saturated carbocycles. The summed E-state index contributed by atoms with van der Waals surface area (Å²) in [4.78, 5) is 0. The summed E-state index contributed by atoms with van der Waals surface area (Å²) in [7, 11) is 0.